The SMILES string of the molecule is Cc1cccc(-c2ccc(C(=O)NC(Cc3ccc(-c4noc(-c5ccc(NC(=O)OC(C)(C)C)cc5)n4)c(F)c3)C(=O)O)o2)c1. The number of carbonyl (C=O) groups is 3. The third kappa shape index (κ3) is 7.83. The number of furan rings is 1. The van der Waals surface area contributed by atoms with Gasteiger partial charge in [0.1, 0.15) is 23.2 Å². The summed E-state index contributed by atoms with van der Waals surface area (Å²) in [5.74, 6) is -2.18. The highest BCUT2D eigenvalue weighted by atomic mass is 19.1. The number of aromatic nitrogens is 2. The molecule has 46 heavy (non-hydrogen) atoms. The average Bonchev–Trinajstić information content (AvgIpc) is 3.67. The van der Waals surface area contributed by atoms with E-state index in [1.807, 2.05) is 31.2 Å². The first-order valence-corrected chi connectivity index (χ1v) is 14.3. The van der Waals surface area contributed by atoms with Crippen molar-refractivity contribution in [3.63, 3.8) is 0 Å². The standard InChI is InChI=1S/C34H31FN4O7/c1-19-6-5-7-22(16-19)27-14-15-28(44-27)30(40)37-26(32(41)42)18-20-8-13-24(25(35)17-20)29-38-31(46-39-29)21-9-11-23(12-10-21)36-33(43)45-34(2,3)4/h5-17,26H,18H2,1-4H3,(H,36,43)(H,37,40)(H,41,42). The van der Waals surface area contributed by atoms with Crippen LogP contribution in [-0.4, -0.2) is 44.9 Å². The van der Waals surface area contributed by atoms with Gasteiger partial charge in [0.15, 0.2) is 5.76 Å². The number of carboxylic acids is 1. The number of hydrogen-bond donors (Lipinski definition) is 3. The zero-order valence-corrected chi connectivity index (χ0v) is 25.5. The lowest BCUT2D eigenvalue weighted by molar-refractivity contribution is -0.139. The summed E-state index contributed by atoms with van der Waals surface area (Å²) in [6.07, 6.45) is -0.786. The molecule has 0 aliphatic carbocycles. The van der Waals surface area contributed by atoms with Crippen LogP contribution in [0.3, 0.4) is 0 Å². The van der Waals surface area contributed by atoms with Gasteiger partial charge in [0.05, 0.1) is 5.56 Å². The second-order valence-corrected chi connectivity index (χ2v) is 11.5. The second-order valence-electron chi connectivity index (χ2n) is 11.5. The summed E-state index contributed by atoms with van der Waals surface area (Å²) in [4.78, 5) is 41.1. The van der Waals surface area contributed by atoms with Crippen molar-refractivity contribution in [2.24, 2.45) is 0 Å². The van der Waals surface area contributed by atoms with Gasteiger partial charge in [-0.15, -0.1) is 0 Å². The van der Waals surface area contributed by atoms with E-state index in [0.717, 1.165) is 17.2 Å². The van der Waals surface area contributed by atoms with Crippen molar-refractivity contribution < 1.29 is 37.6 Å². The van der Waals surface area contributed by atoms with Crippen molar-refractivity contribution in [3.05, 3.63) is 102 Å². The molecule has 2 aromatic heterocycles. The molecule has 0 radical (unpaired) electrons. The first-order chi connectivity index (χ1) is 21.8. The number of halogens is 1. The maximum atomic E-state index is 15.2. The molecule has 1 unspecified atom stereocenters. The zero-order chi connectivity index (χ0) is 33.0. The Morgan fingerprint density at radius 1 is 0.978 bits per heavy atom. The summed E-state index contributed by atoms with van der Waals surface area (Å²) >= 11 is 0. The van der Waals surface area contributed by atoms with Gasteiger partial charge in [0.2, 0.25) is 5.82 Å². The summed E-state index contributed by atoms with van der Waals surface area (Å²) in [5, 5.41) is 18.7. The molecule has 3 N–H and O–H groups in total. The van der Waals surface area contributed by atoms with Crippen LogP contribution < -0.4 is 10.6 Å². The van der Waals surface area contributed by atoms with E-state index in [-0.39, 0.29) is 29.5 Å². The van der Waals surface area contributed by atoms with Crippen molar-refractivity contribution >= 4 is 23.7 Å². The van der Waals surface area contributed by atoms with Gasteiger partial charge in [0.25, 0.3) is 11.8 Å². The summed E-state index contributed by atoms with van der Waals surface area (Å²) in [6, 6.07) is 19.9. The molecular weight excluding hydrogens is 595 g/mol. The Balaban J connectivity index is 1.23. The number of nitrogens with zero attached hydrogens (tertiary/aromatic N) is 2. The highest BCUT2D eigenvalue weighted by molar-refractivity contribution is 5.95. The van der Waals surface area contributed by atoms with E-state index in [0.29, 0.717) is 22.6 Å². The number of hydrogen-bond acceptors (Lipinski definition) is 8. The molecule has 3 aromatic carbocycles. The number of ether oxygens (including phenoxy) is 1. The molecule has 2 heterocycles. The molecule has 0 saturated heterocycles. The number of carbonyl (C=O) groups excluding carboxylic acids is 2. The minimum absolute atomic E-state index is 0.0136. The summed E-state index contributed by atoms with van der Waals surface area (Å²) in [5.41, 5.74) is 2.55. The molecule has 0 aliphatic heterocycles. The highest BCUT2D eigenvalue weighted by Crippen LogP contribution is 2.27. The molecule has 0 fully saturated rings. The molecule has 1 atom stereocenters. The highest BCUT2D eigenvalue weighted by Gasteiger charge is 2.24. The lowest BCUT2D eigenvalue weighted by Crippen LogP contribution is -2.42. The molecule has 2 amide bonds. The van der Waals surface area contributed by atoms with E-state index in [4.69, 9.17) is 13.7 Å². The summed E-state index contributed by atoms with van der Waals surface area (Å²) in [6.45, 7) is 7.22. The smallest absolute Gasteiger partial charge is 0.412 e. The van der Waals surface area contributed by atoms with Crippen molar-refractivity contribution in [2.75, 3.05) is 5.32 Å². The van der Waals surface area contributed by atoms with Crippen LogP contribution in [0, 0.1) is 12.7 Å². The normalized spacial score (nSPS) is 11.9. The molecule has 0 aliphatic rings. The summed E-state index contributed by atoms with van der Waals surface area (Å²) in [7, 11) is 0. The Hall–Kier alpha value is -5.78. The van der Waals surface area contributed by atoms with Crippen LogP contribution in [0.2, 0.25) is 0 Å². The fourth-order valence-corrected chi connectivity index (χ4v) is 4.51. The number of benzene rings is 3. The van der Waals surface area contributed by atoms with Crippen molar-refractivity contribution in [3.8, 4) is 34.2 Å². The number of nitrogens with one attached hydrogen (secondary N) is 2. The van der Waals surface area contributed by atoms with Gasteiger partial charge in [-0.2, -0.15) is 4.98 Å². The third-order valence-corrected chi connectivity index (χ3v) is 6.65. The van der Waals surface area contributed by atoms with Crippen LogP contribution in [0.1, 0.15) is 42.5 Å². The lowest BCUT2D eigenvalue weighted by Gasteiger charge is -2.19. The van der Waals surface area contributed by atoms with Crippen molar-refractivity contribution in [1.29, 1.82) is 0 Å². The van der Waals surface area contributed by atoms with Crippen LogP contribution in [0.4, 0.5) is 14.9 Å². The van der Waals surface area contributed by atoms with Gasteiger partial charge in [-0.3, -0.25) is 10.1 Å². The summed E-state index contributed by atoms with van der Waals surface area (Å²) < 4.78 is 31.4. The van der Waals surface area contributed by atoms with E-state index in [9.17, 15) is 19.5 Å². The minimum atomic E-state index is -1.35. The second kappa shape index (κ2) is 13.1. The number of aryl methyl sites for hydroxylation is 1. The predicted octanol–water partition coefficient (Wildman–Crippen LogP) is 6.88. The number of anilines is 1. The van der Waals surface area contributed by atoms with Crippen LogP contribution in [0.25, 0.3) is 34.2 Å². The van der Waals surface area contributed by atoms with Crippen LogP contribution in [0.5, 0.6) is 0 Å². The lowest BCUT2D eigenvalue weighted by atomic mass is 10.0. The minimum Gasteiger partial charge on any atom is -0.480 e. The molecule has 12 heteroatoms. The zero-order valence-electron chi connectivity index (χ0n) is 25.5. The Morgan fingerprint density at radius 3 is 2.41 bits per heavy atom. The van der Waals surface area contributed by atoms with E-state index in [1.54, 1.807) is 51.1 Å². The van der Waals surface area contributed by atoms with Crippen LogP contribution in [-0.2, 0) is 16.0 Å². The van der Waals surface area contributed by atoms with Gasteiger partial charge in [-0.1, -0.05) is 35.0 Å². The number of aliphatic carboxylic acids is 1. The molecule has 236 valence electrons. The van der Waals surface area contributed by atoms with Gasteiger partial charge in [0, 0.05) is 23.2 Å². The van der Waals surface area contributed by atoms with Crippen molar-refractivity contribution in [2.45, 2.75) is 45.8 Å². The average molecular weight is 627 g/mol. The number of rotatable bonds is 9. The van der Waals surface area contributed by atoms with Gasteiger partial charge in [-0.05, 0) is 87.9 Å². The van der Waals surface area contributed by atoms with Crippen LogP contribution in [0.15, 0.2) is 87.8 Å². The quantitative estimate of drug-likeness (QED) is 0.159. The van der Waals surface area contributed by atoms with Gasteiger partial charge in [-0.25, -0.2) is 14.0 Å². The maximum absolute atomic E-state index is 15.2. The first-order valence-electron chi connectivity index (χ1n) is 14.3. The monoisotopic (exact) mass is 626 g/mol. The van der Waals surface area contributed by atoms with E-state index in [2.05, 4.69) is 20.8 Å². The predicted molar refractivity (Wildman–Crippen MR) is 166 cm³/mol. The topological polar surface area (TPSA) is 157 Å². The fraction of sp³-hybridized carbons (Fsp3) is 0.206. The number of carboxylic acid groups (broad SMARTS) is 1. The van der Waals surface area contributed by atoms with E-state index < -0.39 is 35.4 Å². The molecule has 11 nitrogen and oxygen atoms in total. The largest absolute Gasteiger partial charge is 0.480 e. The Labute approximate surface area is 263 Å². The number of amides is 2. The third-order valence-electron chi connectivity index (χ3n) is 6.65. The molecule has 0 spiro atoms. The molecule has 5 aromatic rings. The van der Waals surface area contributed by atoms with E-state index >= 15 is 4.39 Å². The van der Waals surface area contributed by atoms with Crippen LogP contribution >= 0.6 is 0 Å². The van der Waals surface area contributed by atoms with Gasteiger partial charge >= 0.3 is 12.1 Å². The fourth-order valence-electron chi connectivity index (χ4n) is 4.51. The van der Waals surface area contributed by atoms with Crippen molar-refractivity contribution in [1.82, 2.24) is 15.5 Å². The molecule has 0 saturated carbocycles. The Bertz CT molecular complexity index is 1890. The first kappa shape index (κ1) is 31.6. The molecule has 0 bridgehead atoms. The Kier molecular flexibility index (Phi) is 8.99. The van der Waals surface area contributed by atoms with Gasteiger partial charge < -0.3 is 24.1 Å². The Morgan fingerprint density at radius 2 is 1.74 bits per heavy atom. The molecular formula is C34H31FN4O7. The molecule has 5 rings (SSSR count). The van der Waals surface area contributed by atoms with E-state index in [1.165, 1.54) is 18.2 Å². The maximum Gasteiger partial charge on any atom is 0.412 e.